The molecule has 0 spiro atoms. The molecule has 22 heavy (non-hydrogen) atoms. The molecule has 0 heteroatoms. The van der Waals surface area contributed by atoms with Crippen molar-refractivity contribution in [1.82, 2.24) is 0 Å². The standard InChI is InChI=1S/C22H18/c1-4-16-14(3)12-13-20-19-11-7-9-15-8-6-10-18(21(15)19)17(5-2)22(16)20/h4-13H,2H2,1,3H3/b16-4-. The third kappa shape index (κ3) is 1.58. The molecule has 0 aliphatic carbocycles. The lowest BCUT2D eigenvalue weighted by Gasteiger charge is -2.15. The van der Waals surface area contributed by atoms with E-state index in [1.165, 1.54) is 48.7 Å². The minimum atomic E-state index is 1.25. The second-order valence-electron chi connectivity index (χ2n) is 5.83. The molecule has 0 bridgehead atoms. The second kappa shape index (κ2) is 4.71. The molecule has 106 valence electrons. The van der Waals surface area contributed by atoms with Crippen LogP contribution in [0.1, 0.15) is 18.1 Å². The van der Waals surface area contributed by atoms with Crippen LogP contribution in [0.25, 0.3) is 44.5 Å². The van der Waals surface area contributed by atoms with Crippen molar-refractivity contribution in [3.8, 4) is 0 Å². The third-order valence-corrected chi connectivity index (χ3v) is 4.71. The van der Waals surface area contributed by atoms with Crippen molar-refractivity contribution in [1.29, 1.82) is 0 Å². The second-order valence-corrected chi connectivity index (χ2v) is 5.83. The summed E-state index contributed by atoms with van der Waals surface area (Å²) in [6.07, 6.45) is 4.22. The first-order chi connectivity index (χ1) is 10.8. The van der Waals surface area contributed by atoms with Crippen LogP contribution in [0, 0.1) is 6.92 Å². The van der Waals surface area contributed by atoms with Gasteiger partial charge >= 0.3 is 0 Å². The van der Waals surface area contributed by atoms with Crippen LogP contribution in [-0.2, 0) is 0 Å². The lowest BCUT2D eigenvalue weighted by atomic mass is 9.89. The molecule has 0 saturated carbocycles. The van der Waals surface area contributed by atoms with Gasteiger partial charge in [0.2, 0.25) is 0 Å². The highest BCUT2D eigenvalue weighted by Gasteiger charge is 2.12. The van der Waals surface area contributed by atoms with Gasteiger partial charge in [-0.15, -0.1) is 0 Å². The SMILES string of the molecule is C=Cc1c2cccc3cccc(c4ccc(C)/c(=C/C)c14)c32. The van der Waals surface area contributed by atoms with Gasteiger partial charge in [-0.25, -0.2) is 0 Å². The highest BCUT2D eigenvalue weighted by atomic mass is 14.2. The van der Waals surface area contributed by atoms with Crippen LogP contribution in [0.3, 0.4) is 0 Å². The predicted octanol–water partition coefficient (Wildman–Crippen LogP) is 5.62. The zero-order chi connectivity index (χ0) is 15.3. The maximum absolute atomic E-state index is 4.10. The summed E-state index contributed by atoms with van der Waals surface area (Å²) in [4.78, 5) is 0. The summed E-state index contributed by atoms with van der Waals surface area (Å²) in [5.74, 6) is 0. The van der Waals surface area contributed by atoms with Gasteiger partial charge in [0, 0.05) is 0 Å². The van der Waals surface area contributed by atoms with Gasteiger partial charge in [0.05, 0.1) is 0 Å². The van der Waals surface area contributed by atoms with Crippen molar-refractivity contribution in [2.24, 2.45) is 0 Å². The Bertz CT molecular complexity index is 1090. The van der Waals surface area contributed by atoms with Gasteiger partial charge in [0.25, 0.3) is 0 Å². The molecule has 0 saturated heterocycles. The van der Waals surface area contributed by atoms with E-state index in [1.54, 1.807) is 0 Å². The quantitative estimate of drug-likeness (QED) is 0.314. The van der Waals surface area contributed by atoms with Crippen molar-refractivity contribution in [3.63, 3.8) is 0 Å². The van der Waals surface area contributed by atoms with E-state index >= 15 is 0 Å². The molecular formula is C22H18. The monoisotopic (exact) mass is 282 g/mol. The van der Waals surface area contributed by atoms with Gasteiger partial charge in [-0.1, -0.05) is 67.3 Å². The Morgan fingerprint density at radius 1 is 0.818 bits per heavy atom. The molecule has 4 aromatic carbocycles. The van der Waals surface area contributed by atoms with E-state index in [1.807, 2.05) is 6.08 Å². The molecule has 0 aromatic heterocycles. The van der Waals surface area contributed by atoms with Gasteiger partial charge in [-0.2, -0.15) is 0 Å². The van der Waals surface area contributed by atoms with Gasteiger partial charge in [0.15, 0.2) is 0 Å². The normalized spacial score (nSPS) is 12.5. The number of rotatable bonds is 1. The van der Waals surface area contributed by atoms with Crippen LogP contribution in [0.4, 0.5) is 0 Å². The Morgan fingerprint density at radius 2 is 1.50 bits per heavy atom. The number of hydrogen-bond acceptors (Lipinski definition) is 0. The lowest BCUT2D eigenvalue weighted by molar-refractivity contribution is 1.44. The Kier molecular flexibility index (Phi) is 2.80. The summed E-state index contributed by atoms with van der Waals surface area (Å²) >= 11 is 0. The maximum atomic E-state index is 4.10. The van der Waals surface area contributed by atoms with Crippen LogP contribution >= 0.6 is 0 Å². The number of hydrogen-bond donors (Lipinski definition) is 0. The van der Waals surface area contributed by atoms with Crippen LogP contribution < -0.4 is 5.22 Å². The summed E-state index contributed by atoms with van der Waals surface area (Å²) in [5.41, 5.74) is 2.56. The third-order valence-electron chi connectivity index (χ3n) is 4.71. The number of benzene rings is 4. The highest BCUT2D eigenvalue weighted by Crippen LogP contribution is 2.36. The van der Waals surface area contributed by atoms with Gasteiger partial charge < -0.3 is 0 Å². The molecule has 0 radical (unpaired) electrons. The molecule has 0 unspecified atom stereocenters. The van der Waals surface area contributed by atoms with Crippen LogP contribution in [0.15, 0.2) is 55.1 Å². The average Bonchev–Trinajstić information content (AvgIpc) is 2.55. The minimum Gasteiger partial charge on any atom is -0.0984 e. The fourth-order valence-corrected chi connectivity index (χ4v) is 3.75. The van der Waals surface area contributed by atoms with Gasteiger partial charge in [0.1, 0.15) is 0 Å². The molecule has 0 nitrogen and oxygen atoms in total. The van der Waals surface area contributed by atoms with Crippen LogP contribution in [0.2, 0.25) is 0 Å². The Morgan fingerprint density at radius 3 is 2.18 bits per heavy atom. The van der Waals surface area contributed by atoms with E-state index < -0.39 is 0 Å². The molecule has 0 aliphatic rings. The molecular weight excluding hydrogens is 264 g/mol. The first-order valence-electron chi connectivity index (χ1n) is 7.71. The van der Waals surface area contributed by atoms with E-state index in [-0.39, 0.29) is 0 Å². The lowest BCUT2D eigenvalue weighted by Crippen LogP contribution is -2.08. The van der Waals surface area contributed by atoms with Crippen molar-refractivity contribution in [2.75, 3.05) is 0 Å². The zero-order valence-corrected chi connectivity index (χ0v) is 13.0. The molecule has 0 atom stereocenters. The first kappa shape index (κ1) is 13.1. The van der Waals surface area contributed by atoms with Crippen LogP contribution in [-0.4, -0.2) is 0 Å². The summed E-state index contributed by atoms with van der Waals surface area (Å²) in [7, 11) is 0. The van der Waals surface area contributed by atoms with E-state index in [2.05, 4.69) is 75.0 Å². The fraction of sp³-hybridized carbons (Fsp3) is 0.0909. The molecule has 0 heterocycles. The Hall–Kier alpha value is -2.60. The zero-order valence-electron chi connectivity index (χ0n) is 13.0. The van der Waals surface area contributed by atoms with Crippen LogP contribution in [0.5, 0.6) is 0 Å². The fourth-order valence-electron chi connectivity index (χ4n) is 3.75. The molecule has 0 N–H and O–H groups in total. The summed E-state index contributed by atoms with van der Waals surface area (Å²) in [5, 5.41) is 9.22. The van der Waals surface area contributed by atoms with E-state index in [4.69, 9.17) is 0 Å². The minimum absolute atomic E-state index is 1.25. The smallest absolute Gasteiger partial charge is 0.00264 e. The van der Waals surface area contributed by atoms with Gasteiger partial charge in [-0.3, -0.25) is 0 Å². The molecule has 4 aromatic rings. The van der Waals surface area contributed by atoms with Crippen molar-refractivity contribution < 1.29 is 0 Å². The van der Waals surface area contributed by atoms with E-state index in [9.17, 15) is 0 Å². The Balaban J connectivity index is 2.50. The number of aryl methyl sites for hydroxylation is 1. The van der Waals surface area contributed by atoms with E-state index in [0.717, 1.165) is 0 Å². The van der Waals surface area contributed by atoms with Crippen molar-refractivity contribution in [3.05, 3.63) is 71.5 Å². The maximum Gasteiger partial charge on any atom is -0.00264 e. The molecule has 4 rings (SSSR count). The average molecular weight is 282 g/mol. The largest absolute Gasteiger partial charge is 0.0984 e. The predicted molar refractivity (Wildman–Crippen MR) is 99.1 cm³/mol. The molecule has 0 aliphatic heterocycles. The molecule has 0 fully saturated rings. The van der Waals surface area contributed by atoms with Crippen molar-refractivity contribution in [2.45, 2.75) is 13.8 Å². The van der Waals surface area contributed by atoms with Gasteiger partial charge in [-0.05, 0) is 62.5 Å². The van der Waals surface area contributed by atoms with E-state index in [0.29, 0.717) is 0 Å². The Labute approximate surface area is 130 Å². The first-order valence-corrected chi connectivity index (χ1v) is 7.71. The van der Waals surface area contributed by atoms with Crippen molar-refractivity contribution >= 4 is 44.5 Å². The number of fused-ring (bicyclic) bond motifs is 2. The molecule has 0 amide bonds. The summed E-state index contributed by atoms with van der Waals surface area (Å²) in [6, 6.07) is 17.6. The highest BCUT2D eigenvalue weighted by molar-refractivity contribution is 6.24. The summed E-state index contributed by atoms with van der Waals surface area (Å²) < 4.78 is 0. The topological polar surface area (TPSA) is 0 Å². The summed E-state index contributed by atoms with van der Waals surface area (Å²) in [6.45, 7) is 8.39.